The van der Waals surface area contributed by atoms with Crippen LogP contribution in [-0.2, 0) is 0 Å². The molecule has 2 aromatic rings. The maximum atomic E-state index is 11.2. The Hall–Kier alpha value is -2.13. The summed E-state index contributed by atoms with van der Waals surface area (Å²) >= 11 is 9.23. The molecule has 1 heterocycles. The van der Waals surface area contributed by atoms with Gasteiger partial charge in [0.25, 0.3) is 0 Å². The van der Waals surface area contributed by atoms with Gasteiger partial charge in [-0.3, -0.25) is 10.1 Å². The first kappa shape index (κ1) is 17.2. The molecule has 0 radical (unpaired) electrons. The van der Waals surface area contributed by atoms with Crippen molar-refractivity contribution < 1.29 is 14.4 Å². The SMILES string of the molecule is COc1cc(Br)c(Nc2nc(C)nc(Cl)c2[N+](=O)[O-])c(OC)c1. The fourth-order valence-electron chi connectivity index (χ4n) is 1.86. The third-order valence-electron chi connectivity index (χ3n) is 2.86. The van der Waals surface area contributed by atoms with Gasteiger partial charge in [0, 0.05) is 10.5 Å². The molecule has 1 aromatic carbocycles. The Morgan fingerprint density at radius 2 is 2.00 bits per heavy atom. The van der Waals surface area contributed by atoms with E-state index < -0.39 is 10.6 Å². The molecule has 2 rings (SSSR count). The number of halogens is 2. The van der Waals surface area contributed by atoms with E-state index in [2.05, 4.69) is 31.2 Å². The third-order valence-corrected chi connectivity index (χ3v) is 3.75. The van der Waals surface area contributed by atoms with Crippen LogP contribution in [-0.4, -0.2) is 29.1 Å². The molecule has 0 aliphatic heterocycles. The van der Waals surface area contributed by atoms with E-state index in [1.807, 2.05) is 0 Å². The average Bonchev–Trinajstić information content (AvgIpc) is 2.47. The third kappa shape index (κ3) is 3.62. The summed E-state index contributed by atoms with van der Waals surface area (Å²) in [6.07, 6.45) is 0. The highest BCUT2D eigenvalue weighted by Gasteiger charge is 2.24. The molecule has 23 heavy (non-hydrogen) atoms. The van der Waals surface area contributed by atoms with Gasteiger partial charge in [0.2, 0.25) is 11.0 Å². The van der Waals surface area contributed by atoms with Crippen LogP contribution in [0.2, 0.25) is 5.15 Å². The predicted octanol–water partition coefficient (Wildman–Crippen LogP) is 3.87. The Morgan fingerprint density at radius 3 is 2.57 bits per heavy atom. The van der Waals surface area contributed by atoms with Gasteiger partial charge >= 0.3 is 5.69 Å². The topological polar surface area (TPSA) is 99.4 Å². The molecule has 0 saturated heterocycles. The second-order valence-corrected chi connectivity index (χ2v) is 5.54. The fourth-order valence-corrected chi connectivity index (χ4v) is 2.66. The molecule has 10 heteroatoms. The molecule has 0 amide bonds. The van der Waals surface area contributed by atoms with Crippen LogP contribution in [0.5, 0.6) is 11.5 Å². The van der Waals surface area contributed by atoms with Gasteiger partial charge in [-0.25, -0.2) is 9.97 Å². The minimum atomic E-state index is -0.645. The van der Waals surface area contributed by atoms with Gasteiger partial charge in [-0.15, -0.1) is 0 Å². The first-order valence-corrected chi connectivity index (χ1v) is 7.41. The van der Waals surface area contributed by atoms with Gasteiger partial charge in [-0.1, -0.05) is 11.6 Å². The molecule has 0 aliphatic rings. The number of rotatable bonds is 5. The smallest absolute Gasteiger partial charge is 0.348 e. The fraction of sp³-hybridized carbons (Fsp3) is 0.231. The number of nitrogens with zero attached hydrogens (tertiary/aromatic N) is 3. The maximum Gasteiger partial charge on any atom is 0.348 e. The van der Waals surface area contributed by atoms with E-state index in [-0.39, 0.29) is 11.0 Å². The normalized spacial score (nSPS) is 10.3. The first-order chi connectivity index (χ1) is 10.9. The first-order valence-electron chi connectivity index (χ1n) is 6.24. The van der Waals surface area contributed by atoms with Gasteiger partial charge in [0.05, 0.1) is 24.8 Å². The van der Waals surface area contributed by atoms with E-state index in [1.54, 1.807) is 19.1 Å². The van der Waals surface area contributed by atoms with E-state index in [0.29, 0.717) is 27.5 Å². The summed E-state index contributed by atoms with van der Waals surface area (Å²) in [5.41, 5.74) is 0.0348. The number of aryl methyl sites for hydroxylation is 1. The molecule has 0 atom stereocenters. The number of ether oxygens (including phenoxy) is 2. The highest BCUT2D eigenvalue weighted by molar-refractivity contribution is 9.10. The van der Waals surface area contributed by atoms with Crippen LogP contribution in [0.25, 0.3) is 0 Å². The Bertz CT molecular complexity index is 772. The summed E-state index contributed by atoms with van der Waals surface area (Å²) in [5, 5.41) is 13.9. The number of nitrogens with one attached hydrogen (secondary N) is 1. The molecule has 0 bridgehead atoms. The van der Waals surface area contributed by atoms with Crippen LogP contribution in [0.15, 0.2) is 16.6 Å². The van der Waals surface area contributed by atoms with Gasteiger partial charge in [0.15, 0.2) is 0 Å². The van der Waals surface area contributed by atoms with Crippen molar-refractivity contribution in [3.63, 3.8) is 0 Å². The number of anilines is 2. The summed E-state index contributed by atoms with van der Waals surface area (Å²) in [7, 11) is 2.99. The van der Waals surface area contributed by atoms with Crippen LogP contribution in [0, 0.1) is 17.0 Å². The minimum absolute atomic E-state index is 0.0309. The zero-order chi connectivity index (χ0) is 17.1. The van der Waals surface area contributed by atoms with Crippen LogP contribution in [0.4, 0.5) is 17.2 Å². The average molecular weight is 404 g/mol. The molecular formula is C13H12BrClN4O4. The molecule has 8 nitrogen and oxygen atoms in total. The van der Waals surface area contributed by atoms with Crippen LogP contribution < -0.4 is 14.8 Å². The number of hydrogen-bond donors (Lipinski definition) is 1. The van der Waals surface area contributed by atoms with E-state index in [9.17, 15) is 10.1 Å². The predicted molar refractivity (Wildman–Crippen MR) is 89.0 cm³/mol. The lowest BCUT2D eigenvalue weighted by molar-refractivity contribution is -0.384. The van der Waals surface area contributed by atoms with Crippen molar-refractivity contribution in [2.45, 2.75) is 6.92 Å². The van der Waals surface area contributed by atoms with E-state index >= 15 is 0 Å². The minimum Gasteiger partial charge on any atom is -0.497 e. The number of benzene rings is 1. The van der Waals surface area contributed by atoms with Gasteiger partial charge in [0.1, 0.15) is 17.3 Å². The van der Waals surface area contributed by atoms with Crippen molar-refractivity contribution in [1.29, 1.82) is 0 Å². The molecule has 1 aromatic heterocycles. The number of aromatic nitrogens is 2. The molecule has 0 spiro atoms. The lowest BCUT2D eigenvalue weighted by Gasteiger charge is -2.14. The van der Waals surface area contributed by atoms with E-state index in [0.717, 1.165) is 0 Å². The van der Waals surface area contributed by atoms with E-state index in [4.69, 9.17) is 21.1 Å². The number of methoxy groups -OCH3 is 2. The van der Waals surface area contributed by atoms with Crippen LogP contribution in [0.3, 0.4) is 0 Å². The number of hydrogen-bond acceptors (Lipinski definition) is 7. The zero-order valence-corrected chi connectivity index (χ0v) is 14.7. The van der Waals surface area contributed by atoms with Crippen LogP contribution in [0.1, 0.15) is 5.82 Å². The van der Waals surface area contributed by atoms with Gasteiger partial charge in [-0.2, -0.15) is 0 Å². The molecule has 0 saturated carbocycles. The van der Waals surface area contributed by atoms with Gasteiger partial charge < -0.3 is 14.8 Å². The Balaban J connectivity index is 2.58. The van der Waals surface area contributed by atoms with Crippen molar-refractivity contribution >= 4 is 44.7 Å². The highest BCUT2D eigenvalue weighted by atomic mass is 79.9. The van der Waals surface area contributed by atoms with Crippen molar-refractivity contribution in [3.05, 3.63) is 37.7 Å². The summed E-state index contributed by atoms with van der Waals surface area (Å²) in [6.45, 7) is 1.58. The van der Waals surface area contributed by atoms with E-state index in [1.165, 1.54) is 14.2 Å². The second-order valence-electron chi connectivity index (χ2n) is 4.33. The molecule has 0 unspecified atom stereocenters. The Labute approximate surface area is 145 Å². The summed E-state index contributed by atoms with van der Waals surface area (Å²) in [5.74, 6) is 1.24. The Kier molecular flexibility index (Phi) is 5.22. The zero-order valence-electron chi connectivity index (χ0n) is 12.4. The lowest BCUT2D eigenvalue weighted by atomic mass is 10.2. The molecule has 122 valence electrons. The molecule has 0 fully saturated rings. The Morgan fingerprint density at radius 1 is 1.30 bits per heavy atom. The van der Waals surface area contributed by atoms with Crippen LogP contribution >= 0.6 is 27.5 Å². The van der Waals surface area contributed by atoms with Crippen molar-refractivity contribution in [2.75, 3.05) is 19.5 Å². The number of nitro groups is 1. The largest absolute Gasteiger partial charge is 0.497 e. The second kappa shape index (κ2) is 6.97. The summed E-state index contributed by atoms with van der Waals surface area (Å²) in [6, 6.07) is 3.32. The lowest BCUT2D eigenvalue weighted by Crippen LogP contribution is -2.05. The summed E-state index contributed by atoms with van der Waals surface area (Å²) < 4.78 is 11.0. The molecule has 1 N–H and O–H groups in total. The quantitative estimate of drug-likeness (QED) is 0.459. The van der Waals surface area contributed by atoms with Crippen molar-refractivity contribution in [1.82, 2.24) is 9.97 Å². The van der Waals surface area contributed by atoms with Gasteiger partial charge in [-0.05, 0) is 28.9 Å². The van der Waals surface area contributed by atoms with Crippen molar-refractivity contribution in [3.8, 4) is 11.5 Å². The maximum absolute atomic E-state index is 11.2. The molecule has 0 aliphatic carbocycles. The molecular weight excluding hydrogens is 392 g/mol. The van der Waals surface area contributed by atoms with Crippen molar-refractivity contribution in [2.24, 2.45) is 0 Å². The summed E-state index contributed by atoms with van der Waals surface area (Å²) in [4.78, 5) is 18.4. The standard InChI is InChI=1S/C13H12BrClN4O4/c1-6-16-12(15)11(19(20)21)13(17-6)18-10-8(14)4-7(22-2)5-9(10)23-3/h4-5H,1-3H3,(H,16,17,18). The monoisotopic (exact) mass is 402 g/mol. The highest BCUT2D eigenvalue weighted by Crippen LogP contribution is 2.41.